The van der Waals surface area contributed by atoms with Gasteiger partial charge in [-0.2, -0.15) is 0 Å². The van der Waals surface area contributed by atoms with Crippen LogP contribution in [0.4, 0.5) is 17.2 Å². The van der Waals surface area contributed by atoms with E-state index in [1.54, 1.807) is 12.3 Å². The number of aryl methyl sites for hydroxylation is 1. The zero-order chi connectivity index (χ0) is 21.6. The molecule has 2 heterocycles. The number of anilines is 3. The number of ketones is 1. The van der Waals surface area contributed by atoms with Gasteiger partial charge in [0.15, 0.2) is 5.78 Å². The number of carbonyl (C=O) groups excluding carboxylic acids is 2. The van der Waals surface area contributed by atoms with Crippen molar-refractivity contribution in [3.8, 4) is 23.6 Å². The van der Waals surface area contributed by atoms with Crippen LogP contribution in [0.25, 0.3) is 11.3 Å². The molecule has 31 heavy (non-hydrogen) atoms. The third kappa shape index (κ3) is 4.65. The number of benzene rings is 1. The van der Waals surface area contributed by atoms with Crippen molar-refractivity contribution in [3.05, 3.63) is 59.9 Å². The summed E-state index contributed by atoms with van der Waals surface area (Å²) in [4.78, 5) is 32.4. The first-order valence-electron chi connectivity index (χ1n) is 10.0. The number of terminal acetylenes is 1. The van der Waals surface area contributed by atoms with Crippen LogP contribution in [-0.4, -0.2) is 34.9 Å². The van der Waals surface area contributed by atoms with Gasteiger partial charge in [-0.25, -0.2) is 4.98 Å². The van der Waals surface area contributed by atoms with Crippen molar-refractivity contribution in [3.63, 3.8) is 0 Å². The Bertz CT molecular complexity index is 1150. The molecule has 0 radical (unpaired) electrons. The second kappa shape index (κ2) is 9.28. The van der Waals surface area contributed by atoms with Crippen molar-refractivity contribution in [2.75, 3.05) is 23.8 Å². The fraction of sp³-hybridized carbons (Fsp3) is 0.208. The Morgan fingerprint density at radius 1 is 1.23 bits per heavy atom. The quantitative estimate of drug-likeness (QED) is 0.402. The molecule has 0 atom stereocenters. The normalized spacial score (nSPS) is 12.7. The highest BCUT2D eigenvalue weighted by Crippen LogP contribution is 2.39. The number of rotatable bonds is 7. The predicted octanol–water partition coefficient (Wildman–Crippen LogP) is 3.93. The number of H-pyrrole nitrogens is 1. The molecule has 1 aromatic carbocycles. The number of nitrogens with zero attached hydrogens (tertiary/aromatic N) is 1. The molecule has 0 fully saturated rings. The lowest BCUT2D eigenvalue weighted by Crippen LogP contribution is -2.19. The second-order valence-corrected chi connectivity index (χ2v) is 7.17. The van der Waals surface area contributed by atoms with E-state index in [-0.39, 0.29) is 24.9 Å². The first-order valence-corrected chi connectivity index (χ1v) is 10.0. The van der Waals surface area contributed by atoms with Gasteiger partial charge in [-0.05, 0) is 37.1 Å². The van der Waals surface area contributed by atoms with Gasteiger partial charge in [0.25, 0.3) is 5.91 Å². The number of aromatic amines is 1. The molecule has 1 aliphatic carbocycles. The van der Waals surface area contributed by atoms with Gasteiger partial charge < -0.3 is 20.4 Å². The minimum atomic E-state index is -0.344. The Labute approximate surface area is 180 Å². The number of fused-ring (bicyclic) bond motifs is 1. The Morgan fingerprint density at radius 2 is 2.06 bits per heavy atom. The third-order valence-corrected chi connectivity index (χ3v) is 4.96. The van der Waals surface area contributed by atoms with Gasteiger partial charge in [0.05, 0.1) is 16.9 Å². The van der Waals surface area contributed by atoms with E-state index in [0.717, 1.165) is 41.2 Å². The SMILES string of the molecule is C#CCOCC(=O)Nc1cc(-c2[nH]c3c(c2Nc2ccccc2)C(=O)CCC3)ccn1. The molecule has 7 nitrogen and oxygen atoms in total. The smallest absolute Gasteiger partial charge is 0.251 e. The number of amides is 1. The molecule has 0 unspecified atom stereocenters. The van der Waals surface area contributed by atoms with Crippen LogP contribution in [0.2, 0.25) is 0 Å². The number of para-hydroxylation sites is 1. The van der Waals surface area contributed by atoms with Crippen molar-refractivity contribution in [2.45, 2.75) is 19.3 Å². The number of hydrogen-bond donors (Lipinski definition) is 3. The second-order valence-electron chi connectivity index (χ2n) is 7.17. The van der Waals surface area contributed by atoms with E-state index >= 15 is 0 Å². The Hall–Kier alpha value is -3.89. The Kier molecular flexibility index (Phi) is 6.11. The van der Waals surface area contributed by atoms with Crippen LogP contribution in [0.3, 0.4) is 0 Å². The van der Waals surface area contributed by atoms with E-state index in [9.17, 15) is 9.59 Å². The van der Waals surface area contributed by atoms with Gasteiger partial charge >= 0.3 is 0 Å². The van der Waals surface area contributed by atoms with E-state index in [4.69, 9.17) is 11.2 Å². The van der Waals surface area contributed by atoms with Crippen molar-refractivity contribution in [1.82, 2.24) is 9.97 Å². The van der Waals surface area contributed by atoms with Crippen molar-refractivity contribution >= 4 is 28.9 Å². The first kappa shape index (κ1) is 20.4. The topological polar surface area (TPSA) is 96.1 Å². The summed E-state index contributed by atoms with van der Waals surface area (Å²) in [6.45, 7) is -0.0836. The number of Topliss-reactive ketones (excluding diaryl/α,β-unsaturated/α-hetero) is 1. The summed E-state index contributed by atoms with van der Waals surface area (Å²) in [5, 5.41) is 6.11. The maximum absolute atomic E-state index is 12.7. The molecule has 0 saturated carbocycles. The minimum Gasteiger partial charge on any atom is -0.359 e. The molecule has 0 saturated heterocycles. The molecule has 1 amide bonds. The zero-order valence-electron chi connectivity index (χ0n) is 16.9. The van der Waals surface area contributed by atoms with Crippen LogP contribution >= 0.6 is 0 Å². The van der Waals surface area contributed by atoms with Gasteiger partial charge in [0, 0.05) is 29.6 Å². The monoisotopic (exact) mass is 414 g/mol. The van der Waals surface area contributed by atoms with E-state index in [1.807, 2.05) is 36.4 Å². The number of ether oxygens (including phenoxy) is 1. The molecule has 156 valence electrons. The Balaban J connectivity index is 1.67. The standard InChI is InChI=1S/C24H22N4O3/c1-2-13-31-15-21(30)28-20-14-16(11-12-25-20)23-24(26-17-7-4-3-5-8-17)22-18(27-23)9-6-10-19(22)29/h1,3-5,7-8,11-12,14,26-27H,6,9-10,13,15H2,(H,25,28,30). The molecule has 0 spiro atoms. The molecule has 7 heteroatoms. The van der Waals surface area contributed by atoms with Crippen LogP contribution in [0.15, 0.2) is 48.7 Å². The number of nitrogens with one attached hydrogen (secondary N) is 3. The van der Waals surface area contributed by atoms with Crippen molar-refractivity contribution < 1.29 is 14.3 Å². The third-order valence-electron chi connectivity index (χ3n) is 4.96. The van der Waals surface area contributed by atoms with Crippen molar-refractivity contribution in [1.29, 1.82) is 0 Å². The molecule has 0 bridgehead atoms. The van der Waals surface area contributed by atoms with Gasteiger partial charge in [-0.15, -0.1) is 6.42 Å². The van der Waals surface area contributed by atoms with E-state index in [2.05, 4.69) is 26.5 Å². The maximum atomic E-state index is 12.7. The molecular weight excluding hydrogens is 392 g/mol. The summed E-state index contributed by atoms with van der Waals surface area (Å²) < 4.78 is 5.05. The molecule has 1 aliphatic rings. The predicted molar refractivity (Wildman–Crippen MR) is 119 cm³/mol. The van der Waals surface area contributed by atoms with Gasteiger partial charge in [-0.3, -0.25) is 9.59 Å². The van der Waals surface area contributed by atoms with Crippen LogP contribution in [0, 0.1) is 12.3 Å². The maximum Gasteiger partial charge on any atom is 0.251 e. The average molecular weight is 414 g/mol. The molecule has 4 rings (SSSR count). The van der Waals surface area contributed by atoms with E-state index in [1.165, 1.54) is 0 Å². The first-order chi connectivity index (χ1) is 15.2. The highest BCUT2D eigenvalue weighted by atomic mass is 16.5. The lowest BCUT2D eigenvalue weighted by Gasteiger charge is -2.14. The number of pyridine rings is 1. The van der Waals surface area contributed by atoms with Gasteiger partial charge in [0.2, 0.25) is 0 Å². The van der Waals surface area contributed by atoms with E-state index < -0.39 is 0 Å². The van der Waals surface area contributed by atoms with Gasteiger partial charge in [0.1, 0.15) is 19.0 Å². The number of carbonyl (C=O) groups is 2. The highest BCUT2D eigenvalue weighted by molar-refractivity contribution is 6.07. The molecule has 2 aromatic heterocycles. The average Bonchev–Trinajstić information content (AvgIpc) is 3.14. The van der Waals surface area contributed by atoms with Crippen LogP contribution in [0.5, 0.6) is 0 Å². The number of aromatic nitrogens is 2. The summed E-state index contributed by atoms with van der Waals surface area (Å²) in [5.74, 6) is 2.48. The van der Waals surface area contributed by atoms with Gasteiger partial charge in [-0.1, -0.05) is 24.1 Å². The molecule has 0 aliphatic heterocycles. The lowest BCUT2D eigenvalue weighted by atomic mass is 9.95. The van der Waals surface area contributed by atoms with Crippen LogP contribution in [0.1, 0.15) is 28.9 Å². The minimum absolute atomic E-state index is 0.0669. The number of hydrogen-bond acceptors (Lipinski definition) is 5. The summed E-state index contributed by atoms with van der Waals surface area (Å²) in [6.07, 6.45) is 8.90. The fourth-order valence-electron chi connectivity index (χ4n) is 3.64. The lowest BCUT2D eigenvalue weighted by molar-refractivity contribution is -0.120. The summed E-state index contributed by atoms with van der Waals surface area (Å²) >= 11 is 0. The van der Waals surface area contributed by atoms with Crippen molar-refractivity contribution in [2.24, 2.45) is 0 Å². The summed E-state index contributed by atoms with van der Waals surface area (Å²) in [7, 11) is 0. The van der Waals surface area contributed by atoms with Crippen LogP contribution in [-0.2, 0) is 16.0 Å². The Morgan fingerprint density at radius 3 is 2.87 bits per heavy atom. The largest absolute Gasteiger partial charge is 0.359 e. The summed E-state index contributed by atoms with van der Waals surface area (Å²) in [6, 6.07) is 13.3. The molecule has 3 N–H and O–H groups in total. The fourth-order valence-corrected chi connectivity index (χ4v) is 3.64. The molecule has 3 aromatic rings. The van der Waals surface area contributed by atoms with E-state index in [0.29, 0.717) is 17.8 Å². The van der Waals surface area contributed by atoms with Crippen LogP contribution < -0.4 is 10.6 Å². The highest BCUT2D eigenvalue weighted by Gasteiger charge is 2.27. The molecular formula is C24H22N4O3. The zero-order valence-corrected chi connectivity index (χ0v) is 16.9. The summed E-state index contributed by atoms with van der Waals surface area (Å²) in [5.41, 5.74) is 4.84.